The second-order valence-corrected chi connectivity index (χ2v) is 7.51. The van der Waals surface area contributed by atoms with Gasteiger partial charge in [0.05, 0.1) is 4.90 Å². The van der Waals surface area contributed by atoms with E-state index in [0.29, 0.717) is 23.2 Å². The molecule has 0 unspecified atom stereocenters. The molecule has 0 saturated heterocycles. The first-order valence-electron chi connectivity index (χ1n) is 7.38. The quantitative estimate of drug-likeness (QED) is 0.659. The molecule has 0 aliphatic heterocycles. The summed E-state index contributed by atoms with van der Waals surface area (Å²) in [6, 6.07) is 8.65. The van der Waals surface area contributed by atoms with E-state index >= 15 is 0 Å². The Balaban J connectivity index is 2.36. The van der Waals surface area contributed by atoms with Crippen LogP contribution in [0.1, 0.15) is 23.8 Å². The number of sulfone groups is 1. The monoisotopic (exact) mass is 332 g/mol. The summed E-state index contributed by atoms with van der Waals surface area (Å²) in [6.07, 6.45) is 0.461. The third-order valence-corrected chi connectivity index (χ3v) is 5.73. The largest absolute Gasteiger partial charge is 0.459 e. The Labute approximate surface area is 134 Å². The van der Waals surface area contributed by atoms with Gasteiger partial charge in [0.15, 0.2) is 0 Å². The van der Waals surface area contributed by atoms with Crippen molar-refractivity contribution in [2.45, 2.75) is 37.0 Å². The Kier molecular flexibility index (Phi) is 3.76. The van der Waals surface area contributed by atoms with Crippen molar-refractivity contribution in [1.29, 1.82) is 0 Å². The second-order valence-electron chi connectivity index (χ2n) is 5.62. The van der Waals surface area contributed by atoms with Gasteiger partial charge >= 0.3 is 0 Å². The molecular formula is C18H17FO3S. The Morgan fingerprint density at radius 2 is 1.74 bits per heavy atom. The van der Waals surface area contributed by atoms with Crippen LogP contribution in [0.4, 0.5) is 4.39 Å². The van der Waals surface area contributed by atoms with E-state index in [2.05, 4.69) is 0 Å². The normalized spacial score (nSPS) is 12.0. The average molecular weight is 332 g/mol. The molecule has 120 valence electrons. The van der Waals surface area contributed by atoms with E-state index in [-0.39, 0.29) is 9.79 Å². The van der Waals surface area contributed by atoms with Gasteiger partial charge in [-0.15, -0.1) is 0 Å². The summed E-state index contributed by atoms with van der Waals surface area (Å²) >= 11 is 0. The molecule has 0 aliphatic rings. The number of benzene rings is 2. The van der Waals surface area contributed by atoms with E-state index in [9.17, 15) is 12.8 Å². The van der Waals surface area contributed by atoms with E-state index in [1.807, 2.05) is 32.9 Å². The van der Waals surface area contributed by atoms with Crippen LogP contribution >= 0.6 is 0 Å². The maximum absolute atomic E-state index is 13.1. The Morgan fingerprint density at radius 1 is 1.09 bits per heavy atom. The van der Waals surface area contributed by atoms with Gasteiger partial charge in [0.25, 0.3) is 0 Å². The van der Waals surface area contributed by atoms with Gasteiger partial charge in [-0.3, -0.25) is 0 Å². The van der Waals surface area contributed by atoms with Gasteiger partial charge in [-0.2, -0.15) is 0 Å². The van der Waals surface area contributed by atoms with Crippen LogP contribution < -0.4 is 0 Å². The van der Waals surface area contributed by atoms with Crippen LogP contribution in [0.5, 0.6) is 0 Å². The molecule has 0 fully saturated rings. The lowest BCUT2D eigenvalue weighted by Crippen LogP contribution is -2.04. The van der Waals surface area contributed by atoms with Gasteiger partial charge in [-0.1, -0.05) is 13.0 Å². The predicted octanol–water partition coefficient (Wildman–Crippen LogP) is 4.58. The SMILES string of the molecule is CCc1oc2c(C)cc(C)cc2c1S(=O)(=O)c1ccc(F)cc1. The number of rotatable bonds is 3. The van der Waals surface area contributed by atoms with Crippen LogP contribution in [0.15, 0.2) is 50.6 Å². The fourth-order valence-electron chi connectivity index (χ4n) is 2.84. The van der Waals surface area contributed by atoms with E-state index in [4.69, 9.17) is 4.42 Å². The zero-order chi connectivity index (χ0) is 16.8. The topological polar surface area (TPSA) is 47.3 Å². The van der Waals surface area contributed by atoms with Crippen LogP contribution in [0.2, 0.25) is 0 Å². The minimum atomic E-state index is -3.78. The maximum atomic E-state index is 13.1. The zero-order valence-corrected chi connectivity index (χ0v) is 14.0. The maximum Gasteiger partial charge on any atom is 0.210 e. The van der Waals surface area contributed by atoms with E-state index in [1.54, 1.807) is 0 Å². The lowest BCUT2D eigenvalue weighted by molar-refractivity contribution is 0.536. The molecule has 0 radical (unpaired) electrons. The first-order chi connectivity index (χ1) is 10.8. The highest BCUT2D eigenvalue weighted by Crippen LogP contribution is 2.36. The van der Waals surface area contributed by atoms with Crippen molar-refractivity contribution in [3.05, 3.63) is 59.1 Å². The number of hydrogen-bond donors (Lipinski definition) is 0. The van der Waals surface area contributed by atoms with Gasteiger partial charge in [0, 0.05) is 11.8 Å². The fourth-order valence-corrected chi connectivity index (χ4v) is 4.49. The molecule has 0 saturated carbocycles. The number of furan rings is 1. The highest BCUT2D eigenvalue weighted by atomic mass is 32.2. The van der Waals surface area contributed by atoms with E-state index in [0.717, 1.165) is 23.3 Å². The summed E-state index contributed by atoms with van der Waals surface area (Å²) in [5.74, 6) is -0.0403. The van der Waals surface area contributed by atoms with Crippen molar-refractivity contribution < 1.29 is 17.2 Å². The Bertz CT molecular complexity index is 983. The molecule has 5 heteroatoms. The first kappa shape index (κ1) is 15.7. The number of aryl methyl sites for hydroxylation is 3. The highest BCUT2D eigenvalue weighted by molar-refractivity contribution is 7.91. The van der Waals surface area contributed by atoms with Crippen LogP contribution in [0.25, 0.3) is 11.0 Å². The number of hydrogen-bond acceptors (Lipinski definition) is 3. The van der Waals surface area contributed by atoms with Crippen molar-refractivity contribution in [3.63, 3.8) is 0 Å². The van der Waals surface area contributed by atoms with E-state index < -0.39 is 15.7 Å². The van der Waals surface area contributed by atoms with Crippen molar-refractivity contribution in [3.8, 4) is 0 Å². The summed E-state index contributed by atoms with van der Waals surface area (Å²) in [5.41, 5.74) is 2.46. The smallest absolute Gasteiger partial charge is 0.210 e. The summed E-state index contributed by atoms with van der Waals surface area (Å²) in [4.78, 5) is 0.254. The summed E-state index contributed by atoms with van der Waals surface area (Å²) in [7, 11) is -3.78. The summed E-state index contributed by atoms with van der Waals surface area (Å²) in [5, 5.41) is 0.587. The van der Waals surface area contributed by atoms with Crippen molar-refractivity contribution in [2.75, 3.05) is 0 Å². The van der Waals surface area contributed by atoms with Crippen molar-refractivity contribution in [2.24, 2.45) is 0 Å². The Morgan fingerprint density at radius 3 is 2.35 bits per heavy atom. The first-order valence-corrected chi connectivity index (χ1v) is 8.86. The summed E-state index contributed by atoms with van der Waals surface area (Å²) in [6.45, 7) is 5.66. The molecule has 0 bridgehead atoms. The molecule has 2 aromatic carbocycles. The minimum Gasteiger partial charge on any atom is -0.459 e. The van der Waals surface area contributed by atoms with Gasteiger partial charge in [-0.25, -0.2) is 12.8 Å². The highest BCUT2D eigenvalue weighted by Gasteiger charge is 2.28. The van der Waals surface area contributed by atoms with Gasteiger partial charge < -0.3 is 4.42 Å². The van der Waals surface area contributed by atoms with Crippen LogP contribution in [0, 0.1) is 19.7 Å². The predicted molar refractivity (Wildman–Crippen MR) is 86.9 cm³/mol. The molecule has 0 atom stereocenters. The van der Waals surface area contributed by atoms with Gasteiger partial charge in [0.1, 0.15) is 22.1 Å². The average Bonchev–Trinajstić information content (AvgIpc) is 2.87. The molecular weight excluding hydrogens is 315 g/mol. The molecule has 23 heavy (non-hydrogen) atoms. The molecule has 3 nitrogen and oxygen atoms in total. The van der Waals surface area contributed by atoms with Crippen LogP contribution in [0.3, 0.4) is 0 Å². The molecule has 0 aliphatic carbocycles. The van der Waals surface area contributed by atoms with Crippen LogP contribution in [-0.2, 0) is 16.3 Å². The molecule has 0 amide bonds. The standard InChI is InChI=1S/C18H17FO3S/c1-4-16-18(15-10-11(2)9-12(3)17(15)22-16)23(20,21)14-7-5-13(19)6-8-14/h5-10H,4H2,1-3H3. The van der Waals surface area contributed by atoms with Crippen molar-refractivity contribution >= 4 is 20.8 Å². The molecule has 3 rings (SSSR count). The lowest BCUT2D eigenvalue weighted by atomic mass is 10.1. The lowest BCUT2D eigenvalue weighted by Gasteiger charge is -2.05. The number of halogens is 1. The Hall–Kier alpha value is -2.14. The van der Waals surface area contributed by atoms with Crippen LogP contribution in [-0.4, -0.2) is 8.42 Å². The molecule has 0 spiro atoms. The number of fused-ring (bicyclic) bond motifs is 1. The molecule has 0 N–H and O–H groups in total. The van der Waals surface area contributed by atoms with Gasteiger partial charge in [0.2, 0.25) is 9.84 Å². The van der Waals surface area contributed by atoms with Crippen molar-refractivity contribution in [1.82, 2.24) is 0 Å². The van der Waals surface area contributed by atoms with E-state index in [1.165, 1.54) is 12.1 Å². The van der Waals surface area contributed by atoms with Gasteiger partial charge in [-0.05, 0) is 55.3 Å². The zero-order valence-electron chi connectivity index (χ0n) is 13.2. The minimum absolute atomic E-state index is 0.0652. The third kappa shape index (κ3) is 2.55. The molecule has 1 aromatic heterocycles. The fraction of sp³-hybridized carbons (Fsp3) is 0.222. The molecule has 3 aromatic rings. The second kappa shape index (κ2) is 5.49. The summed E-state index contributed by atoms with van der Waals surface area (Å²) < 4.78 is 45.0. The third-order valence-electron chi connectivity index (χ3n) is 3.86. The molecule has 1 heterocycles.